The van der Waals surface area contributed by atoms with E-state index in [0.717, 1.165) is 31.2 Å². The van der Waals surface area contributed by atoms with Crippen LogP contribution >= 0.6 is 15.9 Å². The summed E-state index contributed by atoms with van der Waals surface area (Å²) >= 11 is 3.34. The van der Waals surface area contributed by atoms with Gasteiger partial charge in [0.2, 0.25) is 5.91 Å². The maximum absolute atomic E-state index is 13.7. The molecule has 0 unspecified atom stereocenters. The van der Waals surface area contributed by atoms with E-state index < -0.39 is 15.9 Å². The fourth-order valence-electron chi connectivity index (χ4n) is 4.23. The fourth-order valence-corrected chi connectivity index (χ4v) is 5.92. The van der Waals surface area contributed by atoms with Gasteiger partial charge in [0.1, 0.15) is 18.0 Å². The SMILES string of the molecule is CCOc1ccc(N(CC(=O)N[C@@H](C)c2cc(C(C)C)c(OC)cc2C)S(=O)(=O)c2ccc(Br)cc2)cc1. The number of carbonyl (C=O) groups is 1. The minimum atomic E-state index is -4.03. The molecule has 204 valence electrons. The molecule has 3 aromatic carbocycles. The van der Waals surface area contributed by atoms with Crippen molar-refractivity contribution in [1.29, 1.82) is 0 Å². The summed E-state index contributed by atoms with van der Waals surface area (Å²) < 4.78 is 40.3. The van der Waals surface area contributed by atoms with Crippen LogP contribution in [0.25, 0.3) is 0 Å². The summed E-state index contributed by atoms with van der Waals surface area (Å²) in [4.78, 5) is 13.4. The van der Waals surface area contributed by atoms with Gasteiger partial charge in [-0.2, -0.15) is 0 Å². The van der Waals surface area contributed by atoms with E-state index in [0.29, 0.717) is 18.0 Å². The quantitative estimate of drug-likeness (QED) is 0.276. The van der Waals surface area contributed by atoms with Crippen molar-refractivity contribution < 1.29 is 22.7 Å². The highest BCUT2D eigenvalue weighted by Crippen LogP contribution is 2.32. The van der Waals surface area contributed by atoms with E-state index in [1.807, 2.05) is 32.9 Å². The Balaban J connectivity index is 1.92. The molecular weight excluding hydrogens is 568 g/mol. The molecule has 3 rings (SSSR count). The van der Waals surface area contributed by atoms with E-state index in [1.54, 1.807) is 43.5 Å². The van der Waals surface area contributed by atoms with Crippen LogP contribution in [-0.4, -0.2) is 34.6 Å². The minimum Gasteiger partial charge on any atom is -0.496 e. The number of aryl methyl sites for hydroxylation is 1. The largest absolute Gasteiger partial charge is 0.496 e. The molecule has 0 aliphatic heterocycles. The number of anilines is 1. The molecule has 0 saturated heterocycles. The highest BCUT2D eigenvalue weighted by molar-refractivity contribution is 9.10. The summed E-state index contributed by atoms with van der Waals surface area (Å²) in [6, 6.07) is 16.7. The van der Waals surface area contributed by atoms with Crippen LogP contribution in [-0.2, 0) is 14.8 Å². The summed E-state index contributed by atoms with van der Waals surface area (Å²) in [6.45, 7) is 10.0. The van der Waals surface area contributed by atoms with Crippen molar-refractivity contribution >= 4 is 37.5 Å². The number of halogens is 1. The van der Waals surface area contributed by atoms with Crippen LogP contribution in [0.3, 0.4) is 0 Å². The Morgan fingerprint density at radius 2 is 1.63 bits per heavy atom. The van der Waals surface area contributed by atoms with Gasteiger partial charge in [-0.25, -0.2) is 8.42 Å². The molecule has 1 atom stereocenters. The number of nitrogens with zero attached hydrogens (tertiary/aromatic N) is 1. The van der Waals surface area contributed by atoms with E-state index in [4.69, 9.17) is 9.47 Å². The van der Waals surface area contributed by atoms with Crippen molar-refractivity contribution in [2.75, 3.05) is 24.6 Å². The summed E-state index contributed by atoms with van der Waals surface area (Å²) in [7, 11) is -2.39. The molecule has 0 radical (unpaired) electrons. The molecule has 0 aliphatic rings. The third kappa shape index (κ3) is 6.88. The van der Waals surface area contributed by atoms with Gasteiger partial charge in [0.15, 0.2) is 0 Å². The molecule has 0 heterocycles. The zero-order valence-corrected chi connectivity index (χ0v) is 25.0. The maximum atomic E-state index is 13.7. The molecule has 7 nitrogen and oxygen atoms in total. The Labute approximate surface area is 234 Å². The van der Waals surface area contributed by atoms with Gasteiger partial charge in [0.05, 0.1) is 30.3 Å². The van der Waals surface area contributed by atoms with Crippen LogP contribution in [0.15, 0.2) is 70.0 Å². The van der Waals surface area contributed by atoms with Gasteiger partial charge in [-0.15, -0.1) is 0 Å². The molecule has 0 saturated carbocycles. The zero-order valence-electron chi connectivity index (χ0n) is 22.6. The van der Waals surface area contributed by atoms with Crippen LogP contribution in [0.2, 0.25) is 0 Å². The monoisotopic (exact) mass is 602 g/mol. The van der Waals surface area contributed by atoms with Crippen molar-refractivity contribution in [2.24, 2.45) is 0 Å². The lowest BCUT2D eigenvalue weighted by molar-refractivity contribution is -0.120. The number of rotatable bonds is 11. The molecule has 0 spiro atoms. The molecule has 0 fully saturated rings. The summed E-state index contributed by atoms with van der Waals surface area (Å²) in [5.74, 6) is 1.24. The predicted molar refractivity (Wildman–Crippen MR) is 155 cm³/mol. The summed E-state index contributed by atoms with van der Waals surface area (Å²) in [5.41, 5.74) is 3.33. The first-order valence-corrected chi connectivity index (χ1v) is 14.7. The van der Waals surface area contributed by atoms with Crippen LogP contribution < -0.4 is 19.1 Å². The lowest BCUT2D eigenvalue weighted by Crippen LogP contribution is -2.41. The number of methoxy groups -OCH3 is 1. The number of ether oxygens (including phenoxy) is 2. The van der Waals surface area contributed by atoms with Crippen molar-refractivity contribution in [3.8, 4) is 11.5 Å². The average Bonchev–Trinajstić information content (AvgIpc) is 2.87. The second-order valence-electron chi connectivity index (χ2n) is 9.29. The molecule has 1 N–H and O–H groups in total. The molecule has 9 heteroatoms. The third-order valence-corrected chi connectivity index (χ3v) is 8.53. The average molecular weight is 604 g/mol. The molecule has 38 heavy (non-hydrogen) atoms. The normalized spacial score (nSPS) is 12.2. The van der Waals surface area contributed by atoms with Crippen molar-refractivity contribution in [1.82, 2.24) is 5.32 Å². The van der Waals surface area contributed by atoms with E-state index >= 15 is 0 Å². The lowest BCUT2D eigenvalue weighted by Gasteiger charge is -2.26. The number of sulfonamides is 1. The second-order valence-corrected chi connectivity index (χ2v) is 12.1. The number of amides is 1. The van der Waals surface area contributed by atoms with Crippen molar-refractivity contribution in [2.45, 2.75) is 51.5 Å². The van der Waals surface area contributed by atoms with Gasteiger partial charge in [-0.1, -0.05) is 29.8 Å². The number of carbonyl (C=O) groups excluding carboxylic acids is 1. The Kier molecular flexibility index (Phi) is 9.84. The van der Waals surface area contributed by atoms with Crippen molar-refractivity contribution in [3.63, 3.8) is 0 Å². The number of hydrogen-bond acceptors (Lipinski definition) is 5. The lowest BCUT2D eigenvalue weighted by atomic mass is 9.93. The Bertz CT molecular complexity index is 1360. The molecule has 0 aromatic heterocycles. The molecule has 0 bridgehead atoms. The van der Waals surface area contributed by atoms with Gasteiger partial charge in [-0.3, -0.25) is 9.10 Å². The smallest absolute Gasteiger partial charge is 0.264 e. The Hall–Kier alpha value is -3.04. The molecule has 0 aliphatic carbocycles. The van der Waals surface area contributed by atoms with E-state index in [2.05, 4.69) is 35.1 Å². The first-order valence-electron chi connectivity index (χ1n) is 12.5. The predicted octanol–water partition coefficient (Wildman–Crippen LogP) is 6.36. The third-order valence-electron chi connectivity index (χ3n) is 6.21. The van der Waals surface area contributed by atoms with Gasteiger partial charge < -0.3 is 14.8 Å². The summed E-state index contributed by atoms with van der Waals surface area (Å²) in [5, 5.41) is 2.99. The van der Waals surface area contributed by atoms with Crippen molar-refractivity contribution in [3.05, 3.63) is 81.8 Å². The van der Waals surface area contributed by atoms with E-state index in [-0.39, 0.29) is 23.4 Å². The van der Waals surface area contributed by atoms with Crippen LogP contribution in [0.5, 0.6) is 11.5 Å². The first kappa shape index (κ1) is 29.5. The fraction of sp³-hybridized carbons (Fsp3) is 0.345. The summed E-state index contributed by atoms with van der Waals surface area (Å²) in [6.07, 6.45) is 0. The first-order chi connectivity index (χ1) is 18.0. The maximum Gasteiger partial charge on any atom is 0.264 e. The second kappa shape index (κ2) is 12.7. The molecular formula is C29H35BrN2O5S. The van der Waals surface area contributed by atoms with Crippen LogP contribution in [0.1, 0.15) is 56.3 Å². The number of nitrogens with one attached hydrogen (secondary N) is 1. The Morgan fingerprint density at radius 1 is 1.00 bits per heavy atom. The van der Waals surface area contributed by atoms with Crippen LogP contribution in [0.4, 0.5) is 5.69 Å². The number of benzene rings is 3. The standard InChI is InChI=1S/C29H35BrN2O5S/c1-7-37-24-12-10-23(11-13-24)32(38(34,35)25-14-8-22(30)9-15-25)18-29(33)31-21(5)27-17-26(19(2)3)28(36-6)16-20(27)4/h8-17,19,21H,7,18H2,1-6H3,(H,31,33)/t21-/m0/s1. The van der Waals surface area contributed by atoms with E-state index in [9.17, 15) is 13.2 Å². The highest BCUT2D eigenvalue weighted by atomic mass is 79.9. The number of hydrogen-bond donors (Lipinski definition) is 1. The zero-order chi connectivity index (χ0) is 28.0. The van der Waals surface area contributed by atoms with E-state index in [1.165, 1.54) is 12.1 Å². The minimum absolute atomic E-state index is 0.0861. The van der Waals surface area contributed by atoms with Crippen LogP contribution in [0, 0.1) is 6.92 Å². The molecule has 3 aromatic rings. The molecule has 1 amide bonds. The van der Waals surface area contributed by atoms with Gasteiger partial charge in [0, 0.05) is 4.47 Å². The van der Waals surface area contributed by atoms with Gasteiger partial charge in [0.25, 0.3) is 10.0 Å². The highest BCUT2D eigenvalue weighted by Gasteiger charge is 2.28. The van der Waals surface area contributed by atoms with Gasteiger partial charge >= 0.3 is 0 Å². The topological polar surface area (TPSA) is 84.9 Å². The Morgan fingerprint density at radius 3 is 2.18 bits per heavy atom. The van der Waals surface area contributed by atoms with Gasteiger partial charge in [-0.05, 0) is 104 Å².